The van der Waals surface area contributed by atoms with Crippen molar-refractivity contribution in [1.82, 2.24) is 3.97 Å². The van der Waals surface area contributed by atoms with Crippen LogP contribution in [0.25, 0.3) is 10.9 Å². The number of rotatable bonds is 2. The lowest BCUT2D eigenvalue weighted by Gasteiger charge is -2.13. The lowest BCUT2D eigenvalue weighted by atomic mass is 10.1. The molecule has 2 aromatic carbocycles. The van der Waals surface area contributed by atoms with Gasteiger partial charge in [-0.3, -0.25) is 4.79 Å². The fraction of sp³-hybridized carbons (Fsp3) is 0.0625. The maximum absolute atomic E-state index is 13.0. The van der Waals surface area contributed by atoms with Gasteiger partial charge in [0.2, 0.25) is 0 Å². The third kappa shape index (κ3) is 2.65. The quantitative estimate of drug-likeness (QED) is 0.690. The normalized spacial score (nSPS) is 11.8. The zero-order valence-corrected chi connectivity index (χ0v) is 14.3. The Morgan fingerprint density at radius 1 is 1.00 bits per heavy atom. The fourth-order valence-electron chi connectivity index (χ4n) is 2.45. The standard InChI is InChI=1S/C16H11Cl2NO3S/c1-10-8-16(20)19(14-5-3-2-4-12(10)14)23(21,22)15-9-11(17)6-7-13(15)18/h2-9H,1H3. The van der Waals surface area contributed by atoms with E-state index in [2.05, 4.69) is 0 Å². The van der Waals surface area contributed by atoms with E-state index in [-0.39, 0.29) is 14.9 Å². The Labute approximate surface area is 142 Å². The van der Waals surface area contributed by atoms with Gasteiger partial charge in [0.1, 0.15) is 4.90 Å². The Kier molecular flexibility index (Phi) is 3.96. The van der Waals surface area contributed by atoms with Gasteiger partial charge in [0.25, 0.3) is 15.6 Å². The molecule has 23 heavy (non-hydrogen) atoms. The topological polar surface area (TPSA) is 56.1 Å². The Balaban J connectivity index is 2.45. The molecule has 3 aromatic rings. The highest BCUT2D eigenvalue weighted by Gasteiger charge is 2.24. The Morgan fingerprint density at radius 3 is 2.43 bits per heavy atom. The summed E-state index contributed by atoms with van der Waals surface area (Å²) in [5.74, 6) is 0. The van der Waals surface area contributed by atoms with E-state index in [0.717, 1.165) is 3.97 Å². The van der Waals surface area contributed by atoms with Crippen molar-refractivity contribution in [3.8, 4) is 0 Å². The lowest BCUT2D eigenvalue weighted by Crippen LogP contribution is -2.28. The zero-order chi connectivity index (χ0) is 16.8. The van der Waals surface area contributed by atoms with Gasteiger partial charge >= 0.3 is 0 Å². The van der Waals surface area contributed by atoms with Gasteiger partial charge in [-0.25, -0.2) is 8.42 Å². The van der Waals surface area contributed by atoms with Crippen LogP contribution in [0.1, 0.15) is 5.56 Å². The molecule has 3 rings (SSSR count). The van der Waals surface area contributed by atoms with E-state index in [1.165, 1.54) is 24.3 Å². The molecule has 0 unspecified atom stereocenters. The van der Waals surface area contributed by atoms with Gasteiger partial charge in [0.05, 0.1) is 10.5 Å². The Bertz CT molecular complexity index is 1090. The van der Waals surface area contributed by atoms with Crippen LogP contribution in [0, 0.1) is 6.92 Å². The summed E-state index contributed by atoms with van der Waals surface area (Å²) in [6.45, 7) is 1.76. The van der Waals surface area contributed by atoms with Crippen molar-refractivity contribution < 1.29 is 8.42 Å². The molecule has 0 N–H and O–H groups in total. The fourth-order valence-corrected chi connectivity index (χ4v) is 4.59. The number of halogens is 2. The number of benzene rings is 2. The first-order valence-electron chi connectivity index (χ1n) is 6.64. The van der Waals surface area contributed by atoms with E-state index in [0.29, 0.717) is 16.5 Å². The molecule has 0 amide bonds. The van der Waals surface area contributed by atoms with Crippen LogP contribution < -0.4 is 5.56 Å². The molecule has 1 heterocycles. The molecule has 0 atom stereocenters. The maximum atomic E-state index is 13.0. The number of para-hydroxylation sites is 1. The minimum absolute atomic E-state index is 0.00551. The van der Waals surface area contributed by atoms with Crippen molar-refractivity contribution in [3.05, 3.63) is 74.5 Å². The van der Waals surface area contributed by atoms with Gasteiger partial charge in [-0.1, -0.05) is 41.4 Å². The number of fused-ring (bicyclic) bond motifs is 1. The summed E-state index contributed by atoms with van der Waals surface area (Å²) in [6, 6.07) is 12.2. The van der Waals surface area contributed by atoms with E-state index >= 15 is 0 Å². The number of nitrogens with zero attached hydrogens (tertiary/aromatic N) is 1. The van der Waals surface area contributed by atoms with Crippen molar-refractivity contribution >= 4 is 44.1 Å². The van der Waals surface area contributed by atoms with Gasteiger partial charge in [-0.2, -0.15) is 3.97 Å². The molecule has 0 aliphatic carbocycles. The van der Waals surface area contributed by atoms with Crippen LogP contribution in [0.15, 0.2) is 58.2 Å². The van der Waals surface area contributed by atoms with Crippen LogP contribution in [0.3, 0.4) is 0 Å². The van der Waals surface area contributed by atoms with E-state index in [1.807, 2.05) is 0 Å². The second-order valence-electron chi connectivity index (χ2n) is 5.03. The van der Waals surface area contributed by atoms with Crippen LogP contribution >= 0.6 is 23.2 Å². The predicted molar refractivity (Wildman–Crippen MR) is 92.0 cm³/mol. The second-order valence-corrected chi connectivity index (χ2v) is 7.63. The highest BCUT2D eigenvalue weighted by atomic mass is 35.5. The SMILES string of the molecule is Cc1cc(=O)n(S(=O)(=O)c2cc(Cl)ccc2Cl)c2ccccc12. The van der Waals surface area contributed by atoms with Crippen LogP contribution in [-0.4, -0.2) is 12.4 Å². The van der Waals surface area contributed by atoms with E-state index in [1.54, 1.807) is 31.2 Å². The summed E-state index contributed by atoms with van der Waals surface area (Å²) in [5, 5.41) is 0.900. The monoisotopic (exact) mass is 367 g/mol. The molecule has 1 aromatic heterocycles. The minimum atomic E-state index is -4.18. The first kappa shape index (κ1) is 16.1. The van der Waals surface area contributed by atoms with Crippen LogP contribution in [0.2, 0.25) is 10.0 Å². The van der Waals surface area contributed by atoms with Crippen molar-refractivity contribution in [2.75, 3.05) is 0 Å². The summed E-state index contributed by atoms with van der Waals surface area (Å²) in [6.07, 6.45) is 0. The van der Waals surface area contributed by atoms with Crippen molar-refractivity contribution in [3.63, 3.8) is 0 Å². The van der Waals surface area contributed by atoms with Gasteiger partial charge in [0.15, 0.2) is 0 Å². The smallest absolute Gasteiger partial charge is 0.268 e. The average molecular weight is 368 g/mol. The molecule has 0 radical (unpaired) electrons. The molecule has 0 spiro atoms. The molecule has 0 bridgehead atoms. The van der Waals surface area contributed by atoms with Crippen molar-refractivity contribution in [2.24, 2.45) is 0 Å². The summed E-state index contributed by atoms with van der Waals surface area (Å²) in [7, 11) is -4.18. The van der Waals surface area contributed by atoms with Crippen LogP contribution in [0.5, 0.6) is 0 Å². The third-order valence-corrected chi connectivity index (χ3v) is 5.93. The molecular weight excluding hydrogens is 357 g/mol. The molecule has 7 heteroatoms. The molecule has 0 aliphatic rings. The lowest BCUT2D eigenvalue weighted by molar-refractivity contribution is 0.587. The second kappa shape index (κ2) is 5.67. The summed E-state index contributed by atoms with van der Waals surface area (Å²) >= 11 is 11.9. The Morgan fingerprint density at radius 2 is 1.70 bits per heavy atom. The number of hydrogen-bond donors (Lipinski definition) is 0. The summed E-state index contributed by atoms with van der Waals surface area (Å²) < 4.78 is 26.7. The molecular formula is C16H11Cl2NO3S. The predicted octanol–water partition coefficient (Wildman–Crippen LogP) is 3.85. The van der Waals surface area contributed by atoms with E-state index in [4.69, 9.17) is 23.2 Å². The van der Waals surface area contributed by atoms with Gasteiger partial charge in [0, 0.05) is 16.5 Å². The molecule has 0 saturated heterocycles. The first-order chi connectivity index (χ1) is 10.8. The third-order valence-electron chi connectivity index (χ3n) is 3.50. The molecule has 4 nitrogen and oxygen atoms in total. The average Bonchev–Trinajstić information content (AvgIpc) is 2.49. The number of pyridine rings is 1. The molecule has 0 saturated carbocycles. The molecule has 118 valence electrons. The van der Waals surface area contributed by atoms with E-state index in [9.17, 15) is 13.2 Å². The van der Waals surface area contributed by atoms with Gasteiger partial charge in [-0.15, -0.1) is 0 Å². The number of aromatic nitrogens is 1. The van der Waals surface area contributed by atoms with Crippen LogP contribution in [0.4, 0.5) is 0 Å². The highest BCUT2D eigenvalue weighted by Crippen LogP contribution is 2.28. The molecule has 0 aliphatic heterocycles. The van der Waals surface area contributed by atoms with Crippen LogP contribution in [-0.2, 0) is 10.0 Å². The van der Waals surface area contributed by atoms with Crippen molar-refractivity contribution in [1.29, 1.82) is 0 Å². The maximum Gasteiger partial charge on any atom is 0.272 e. The summed E-state index contributed by atoms with van der Waals surface area (Å²) in [5.41, 5.74) is 0.361. The Hall–Kier alpha value is -1.82. The number of aryl methyl sites for hydroxylation is 1. The summed E-state index contributed by atoms with van der Waals surface area (Å²) in [4.78, 5) is 12.2. The minimum Gasteiger partial charge on any atom is -0.268 e. The highest BCUT2D eigenvalue weighted by molar-refractivity contribution is 7.90. The first-order valence-corrected chi connectivity index (χ1v) is 8.84. The van der Waals surface area contributed by atoms with E-state index < -0.39 is 15.6 Å². The molecule has 0 fully saturated rings. The zero-order valence-electron chi connectivity index (χ0n) is 12.0. The van der Waals surface area contributed by atoms with Gasteiger partial charge in [-0.05, 0) is 36.8 Å². The largest absolute Gasteiger partial charge is 0.272 e. The van der Waals surface area contributed by atoms with Gasteiger partial charge < -0.3 is 0 Å². The number of hydrogen-bond acceptors (Lipinski definition) is 3. The van der Waals surface area contributed by atoms with Crippen molar-refractivity contribution in [2.45, 2.75) is 11.8 Å².